The van der Waals surface area contributed by atoms with Crippen molar-refractivity contribution < 1.29 is 14.7 Å². The van der Waals surface area contributed by atoms with Crippen molar-refractivity contribution in [3.05, 3.63) is 0 Å². The number of nitrogens with one attached hydrogen (secondary N) is 1. The molecule has 2 N–H and O–H groups in total. The number of hydrogen-bond acceptors (Lipinski definition) is 3. The molecule has 1 unspecified atom stereocenters. The minimum Gasteiger partial charge on any atom is -0.395 e. The van der Waals surface area contributed by atoms with Crippen LogP contribution in [0.25, 0.3) is 0 Å². The maximum Gasteiger partial charge on any atom is 0.230 e. The number of rotatable bonds is 35. The van der Waals surface area contributed by atoms with E-state index in [0.717, 1.165) is 25.7 Å². The zero-order valence-corrected chi connectivity index (χ0v) is 28.7. The second-order valence-corrected chi connectivity index (χ2v) is 13.1. The third kappa shape index (κ3) is 29.2. The van der Waals surface area contributed by atoms with E-state index in [4.69, 9.17) is 5.11 Å². The van der Waals surface area contributed by atoms with Crippen LogP contribution < -0.4 is 5.32 Å². The van der Waals surface area contributed by atoms with Crippen LogP contribution in [0.3, 0.4) is 0 Å². The van der Waals surface area contributed by atoms with Gasteiger partial charge in [-0.2, -0.15) is 0 Å². The van der Waals surface area contributed by atoms with Crippen LogP contribution in [-0.4, -0.2) is 29.9 Å². The molecule has 250 valence electrons. The van der Waals surface area contributed by atoms with Gasteiger partial charge in [-0.05, 0) is 12.8 Å². The number of amides is 1. The molecule has 1 atom stereocenters. The number of unbranched alkanes of at least 4 members (excludes halogenated alkanes) is 27. The van der Waals surface area contributed by atoms with Crippen LogP contribution in [0.1, 0.15) is 213 Å². The summed E-state index contributed by atoms with van der Waals surface area (Å²) < 4.78 is 0. The quantitative estimate of drug-likeness (QED) is 0.0567. The average Bonchev–Trinajstić information content (AvgIpc) is 2.99. The summed E-state index contributed by atoms with van der Waals surface area (Å²) in [5, 5.41) is 11.9. The average molecular weight is 594 g/mol. The summed E-state index contributed by atoms with van der Waals surface area (Å²) in [5.74, 6) is -0.597. The third-order valence-corrected chi connectivity index (χ3v) is 8.99. The first-order valence-electron chi connectivity index (χ1n) is 19.1. The zero-order valence-electron chi connectivity index (χ0n) is 28.7. The van der Waals surface area contributed by atoms with E-state index in [1.807, 2.05) is 0 Å². The van der Waals surface area contributed by atoms with Gasteiger partial charge in [0.2, 0.25) is 5.91 Å². The molecule has 0 bridgehead atoms. The van der Waals surface area contributed by atoms with Crippen molar-refractivity contribution in [2.24, 2.45) is 5.92 Å². The van der Waals surface area contributed by atoms with Gasteiger partial charge in [0.15, 0.2) is 0 Å². The number of Topliss-reactive ketones (excluding diaryl/α,β-unsaturated/α-hetero) is 1. The van der Waals surface area contributed by atoms with E-state index in [0.29, 0.717) is 12.8 Å². The monoisotopic (exact) mass is 594 g/mol. The lowest BCUT2D eigenvalue weighted by Crippen LogP contribution is -2.36. The van der Waals surface area contributed by atoms with Crippen molar-refractivity contribution in [3.8, 4) is 0 Å². The highest BCUT2D eigenvalue weighted by Gasteiger charge is 2.25. The van der Waals surface area contributed by atoms with Gasteiger partial charge >= 0.3 is 0 Å². The molecular formula is C38H75NO3. The summed E-state index contributed by atoms with van der Waals surface area (Å²) in [5.41, 5.74) is 0. The predicted molar refractivity (Wildman–Crippen MR) is 183 cm³/mol. The van der Waals surface area contributed by atoms with Crippen molar-refractivity contribution in [1.29, 1.82) is 0 Å². The lowest BCUT2D eigenvalue weighted by molar-refractivity contribution is -0.134. The summed E-state index contributed by atoms with van der Waals surface area (Å²) in [6.45, 7) is 4.71. The molecule has 0 radical (unpaired) electrons. The summed E-state index contributed by atoms with van der Waals surface area (Å²) in [7, 11) is 0. The molecule has 0 aliphatic carbocycles. The number of ketones is 1. The van der Waals surface area contributed by atoms with Crippen LogP contribution in [0.5, 0.6) is 0 Å². The molecule has 0 spiro atoms. The van der Waals surface area contributed by atoms with Gasteiger partial charge in [0.05, 0.1) is 12.5 Å². The predicted octanol–water partition coefficient (Wildman–Crippen LogP) is 11.4. The SMILES string of the molecule is CCCCCCCCCCCCCCCCCC(=O)C(CCCCCCCCCCCCCCCC)C(=O)NCCO. The Morgan fingerprint density at radius 2 is 0.786 bits per heavy atom. The summed E-state index contributed by atoms with van der Waals surface area (Å²) >= 11 is 0. The molecule has 0 rings (SSSR count). The molecule has 42 heavy (non-hydrogen) atoms. The first kappa shape index (κ1) is 41.1. The highest BCUT2D eigenvalue weighted by molar-refractivity contribution is 6.01. The molecule has 1 amide bonds. The fraction of sp³-hybridized carbons (Fsp3) is 0.947. The van der Waals surface area contributed by atoms with E-state index in [1.54, 1.807) is 0 Å². The Morgan fingerprint density at radius 3 is 1.12 bits per heavy atom. The van der Waals surface area contributed by atoms with Gasteiger partial charge in [-0.25, -0.2) is 0 Å². The van der Waals surface area contributed by atoms with Gasteiger partial charge in [-0.3, -0.25) is 9.59 Å². The van der Waals surface area contributed by atoms with Crippen LogP contribution in [0.4, 0.5) is 0 Å². The van der Waals surface area contributed by atoms with Crippen LogP contribution in [0.2, 0.25) is 0 Å². The van der Waals surface area contributed by atoms with Crippen molar-refractivity contribution in [2.75, 3.05) is 13.2 Å². The number of carbonyl (C=O) groups excluding carboxylic acids is 2. The molecule has 0 saturated carbocycles. The zero-order chi connectivity index (χ0) is 30.8. The van der Waals surface area contributed by atoms with Gasteiger partial charge in [-0.15, -0.1) is 0 Å². The van der Waals surface area contributed by atoms with E-state index in [2.05, 4.69) is 19.2 Å². The Balaban J connectivity index is 3.83. The van der Waals surface area contributed by atoms with Gasteiger partial charge in [0.1, 0.15) is 5.78 Å². The molecule has 4 heteroatoms. The van der Waals surface area contributed by atoms with Gasteiger partial charge in [0.25, 0.3) is 0 Å². The number of aliphatic hydroxyl groups is 1. The molecule has 0 aliphatic heterocycles. The fourth-order valence-electron chi connectivity index (χ4n) is 6.13. The van der Waals surface area contributed by atoms with Gasteiger partial charge in [0, 0.05) is 13.0 Å². The molecule has 0 heterocycles. The number of carbonyl (C=O) groups is 2. The van der Waals surface area contributed by atoms with E-state index < -0.39 is 5.92 Å². The molecule has 0 saturated heterocycles. The summed E-state index contributed by atoms with van der Waals surface area (Å²) in [6.07, 6.45) is 39.2. The molecule has 0 aliphatic rings. The van der Waals surface area contributed by atoms with E-state index in [9.17, 15) is 9.59 Å². The standard InChI is InChI=1S/C38H75NO3/c1-3-5-7-9-11-13-15-17-19-21-23-25-27-29-31-33-37(41)36(38(42)39-34-35-40)32-30-28-26-24-22-20-18-16-14-12-10-8-6-4-2/h36,40H,3-35H2,1-2H3,(H,39,42). The number of hydrogen-bond donors (Lipinski definition) is 2. The summed E-state index contributed by atoms with van der Waals surface area (Å²) in [4.78, 5) is 25.5. The lowest BCUT2D eigenvalue weighted by atomic mass is 9.92. The Labute approximate surface area is 263 Å². The van der Waals surface area contributed by atoms with E-state index >= 15 is 0 Å². The van der Waals surface area contributed by atoms with Crippen LogP contribution in [-0.2, 0) is 9.59 Å². The molecule has 0 aromatic heterocycles. The Bertz CT molecular complexity index is 565. The van der Waals surface area contributed by atoms with Crippen molar-refractivity contribution in [1.82, 2.24) is 5.32 Å². The Kier molecular flexibility index (Phi) is 33.8. The third-order valence-electron chi connectivity index (χ3n) is 8.99. The Morgan fingerprint density at radius 1 is 0.476 bits per heavy atom. The van der Waals surface area contributed by atoms with Gasteiger partial charge in [-0.1, -0.05) is 194 Å². The fourth-order valence-corrected chi connectivity index (χ4v) is 6.13. The molecule has 0 fully saturated rings. The van der Waals surface area contributed by atoms with Gasteiger partial charge < -0.3 is 10.4 Å². The molecular weight excluding hydrogens is 518 g/mol. The number of aliphatic hydroxyl groups excluding tert-OH is 1. The van der Waals surface area contributed by atoms with E-state index in [-0.39, 0.29) is 24.8 Å². The second-order valence-electron chi connectivity index (χ2n) is 13.1. The van der Waals surface area contributed by atoms with Crippen molar-refractivity contribution >= 4 is 11.7 Å². The largest absolute Gasteiger partial charge is 0.395 e. The van der Waals surface area contributed by atoms with E-state index in [1.165, 1.54) is 161 Å². The summed E-state index contributed by atoms with van der Waals surface area (Å²) in [6, 6.07) is 0. The first-order chi connectivity index (χ1) is 20.7. The van der Waals surface area contributed by atoms with Crippen LogP contribution >= 0.6 is 0 Å². The Hall–Kier alpha value is -0.900. The highest BCUT2D eigenvalue weighted by Crippen LogP contribution is 2.19. The minimum absolute atomic E-state index is 0.0788. The normalized spacial score (nSPS) is 12.1. The topological polar surface area (TPSA) is 66.4 Å². The van der Waals surface area contributed by atoms with Crippen LogP contribution in [0, 0.1) is 5.92 Å². The second kappa shape index (κ2) is 34.6. The minimum atomic E-state index is -0.527. The first-order valence-corrected chi connectivity index (χ1v) is 19.1. The molecule has 4 nitrogen and oxygen atoms in total. The highest BCUT2D eigenvalue weighted by atomic mass is 16.3. The van der Waals surface area contributed by atoms with Crippen molar-refractivity contribution in [3.63, 3.8) is 0 Å². The lowest BCUT2D eigenvalue weighted by Gasteiger charge is -2.15. The maximum absolute atomic E-state index is 12.9. The molecule has 0 aromatic carbocycles. The van der Waals surface area contributed by atoms with Crippen molar-refractivity contribution in [2.45, 2.75) is 213 Å². The smallest absolute Gasteiger partial charge is 0.230 e. The molecule has 0 aromatic rings. The van der Waals surface area contributed by atoms with Crippen LogP contribution in [0.15, 0.2) is 0 Å². The maximum atomic E-state index is 12.9.